The Morgan fingerprint density at radius 1 is 1.24 bits per heavy atom. The smallest absolute Gasteiger partial charge is 0.228 e. The molecule has 1 aromatic heterocycles. The molecule has 2 atom stereocenters. The molecule has 0 bridgehead atoms. The second kappa shape index (κ2) is 16.2. The fourth-order valence-corrected chi connectivity index (χ4v) is 4.43. The molecular formula is C34H40F2N4O2. The topological polar surface area (TPSA) is 86.1 Å². The first kappa shape index (κ1) is 33.8. The maximum absolute atomic E-state index is 13.8. The third-order valence-electron chi connectivity index (χ3n) is 6.54. The lowest BCUT2D eigenvalue weighted by Gasteiger charge is -2.34. The summed E-state index contributed by atoms with van der Waals surface area (Å²) in [6, 6.07) is 10.4. The Balaban J connectivity index is 0.000000581. The number of nitrogens with zero attached hydrogens (tertiary/aromatic N) is 3. The van der Waals surface area contributed by atoms with Crippen LogP contribution in [0, 0.1) is 34.3 Å². The first-order valence-electron chi connectivity index (χ1n) is 13.9. The van der Waals surface area contributed by atoms with Crippen molar-refractivity contribution in [3.63, 3.8) is 0 Å². The molecule has 222 valence electrons. The van der Waals surface area contributed by atoms with E-state index in [2.05, 4.69) is 29.4 Å². The second-order valence-corrected chi connectivity index (χ2v) is 11.4. The van der Waals surface area contributed by atoms with Crippen LogP contribution in [0.15, 0.2) is 89.7 Å². The number of benzene rings is 1. The van der Waals surface area contributed by atoms with E-state index in [1.807, 2.05) is 52.0 Å². The Labute approximate surface area is 248 Å². The van der Waals surface area contributed by atoms with E-state index >= 15 is 0 Å². The van der Waals surface area contributed by atoms with Gasteiger partial charge in [0.2, 0.25) is 12.3 Å². The predicted molar refractivity (Wildman–Crippen MR) is 163 cm³/mol. The Morgan fingerprint density at radius 3 is 2.50 bits per heavy atom. The lowest BCUT2D eigenvalue weighted by molar-refractivity contribution is -0.141. The summed E-state index contributed by atoms with van der Waals surface area (Å²) in [6.45, 7) is 11.7. The highest BCUT2D eigenvalue weighted by atomic mass is 19.1. The summed E-state index contributed by atoms with van der Waals surface area (Å²) >= 11 is 0. The molecule has 2 amide bonds. The van der Waals surface area contributed by atoms with Gasteiger partial charge in [0.15, 0.2) is 0 Å². The third-order valence-corrected chi connectivity index (χ3v) is 6.54. The van der Waals surface area contributed by atoms with E-state index in [4.69, 9.17) is 0 Å². The van der Waals surface area contributed by atoms with E-state index in [1.54, 1.807) is 36.2 Å². The number of hydrogen-bond donors (Lipinski definition) is 1. The number of allylic oxidation sites excluding steroid dienone is 7. The van der Waals surface area contributed by atoms with Crippen LogP contribution in [-0.4, -0.2) is 28.7 Å². The largest absolute Gasteiger partial charge is 0.332 e. The van der Waals surface area contributed by atoms with Gasteiger partial charge in [-0.05, 0) is 74.1 Å². The highest BCUT2D eigenvalue weighted by molar-refractivity contribution is 5.82. The van der Waals surface area contributed by atoms with E-state index in [9.17, 15) is 23.6 Å². The zero-order chi connectivity index (χ0) is 31.3. The average molecular weight is 575 g/mol. The van der Waals surface area contributed by atoms with E-state index in [-0.39, 0.29) is 12.5 Å². The molecule has 6 nitrogen and oxygen atoms in total. The van der Waals surface area contributed by atoms with E-state index in [0.29, 0.717) is 29.3 Å². The van der Waals surface area contributed by atoms with Crippen molar-refractivity contribution in [1.82, 2.24) is 9.88 Å². The second-order valence-electron chi connectivity index (χ2n) is 11.4. The van der Waals surface area contributed by atoms with E-state index in [1.165, 1.54) is 12.1 Å². The number of aromatic nitrogens is 1. The summed E-state index contributed by atoms with van der Waals surface area (Å²) in [5.41, 5.74) is 2.23. The molecule has 1 unspecified atom stereocenters. The number of carbonyl (C=O) groups is 2. The van der Waals surface area contributed by atoms with Gasteiger partial charge in [0.1, 0.15) is 17.5 Å². The molecule has 42 heavy (non-hydrogen) atoms. The van der Waals surface area contributed by atoms with Crippen molar-refractivity contribution in [2.45, 2.75) is 60.4 Å². The third kappa shape index (κ3) is 10.9. The number of amides is 2. The molecule has 1 heterocycles. The molecule has 3 rings (SSSR count). The van der Waals surface area contributed by atoms with Crippen LogP contribution in [0.3, 0.4) is 0 Å². The maximum Gasteiger partial charge on any atom is 0.228 e. The van der Waals surface area contributed by atoms with Crippen molar-refractivity contribution < 1.29 is 18.4 Å². The zero-order valence-corrected chi connectivity index (χ0v) is 25.2. The molecule has 0 radical (unpaired) electrons. The Hall–Kier alpha value is -4.38. The zero-order valence-electron chi connectivity index (χ0n) is 25.2. The summed E-state index contributed by atoms with van der Waals surface area (Å²) in [7, 11) is 0. The van der Waals surface area contributed by atoms with Gasteiger partial charge in [-0.15, -0.1) is 0 Å². The highest BCUT2D eigenvalue weighted by Gasteiger charge is 2.30. The average Bonchev–Trinajstić information content (AvgIpc) is 2.98. The van der Waals surface area contributed by atoms with Crippen molar-refractivity contribution in [3.05, 3.63) is 107 Å². The van der Waals surface area contributed by atoms with E-state index in [0.717, 1.165) is 30.1 Å². The van der Waals surface area contributed by atoms with Gasteiger partial charge < -0.3 is 10.2 Å². The molecule has 2 aromatic rings. The normalized spacial score (nSPS) is 19.9. The minimum absolute atomic E-state index is 0.131. The molecule has 0 spiro atoms. The van der Waals surface area contributed by atoms with E-state index < -0.39 is 23.1 Å². The predicted octanol–water partition coefficient (Wildman–Crippen LogP) is 7.86. The fraction of sp³-hybridized carbons (Fsp3) is 0.353. The van der Waals surface area contributed by atoms with Crippen molar-refractivity contribution in [2.75, 3.05) is 11.9 Å². The number of rotatable bonds is 7. The summed E-state index contributed by atoms with van der Waals surface area (Å²) in [6.07, 6.45) is 13.7. The molecule has 0 fully saturated rings. The van der Waals surface area contributed by atoms with Gasteiger partial charge in [-0.2, -0.15) is 5.26 Å². The fourth-order valence-electron chi connectivity index (χ4n) is 4.43. The van der Waals surface area contributed by atoms with Gasteiger partial charge in [-0.1, -0.05) is 63.6 Å². The molecule has 1 aliphatic rings. The lowest BCUT2D eigenvalue weighted by Crippen LogP contribution is -2.41. The van der Waals surface area contributed by atoms with Crippen LogP contribution in [0.25, 0.3) is 0 Å². The van der Waals surface area contributed by atoms with Gasteiger partial charge in [-0.25, -0.2) is 13.8 Å². The summed E-state index contributed by atoms with van der Waals surface area (Å²) in [4.78, 5) is 28.5. The first-order valence-corrected chi connectivity index (χ1v) is 13.9. The lowest BCUT2D eigenvalue weighted by atomic mass is 9.93. The van der Waals surface area contributed by atoms with Gasteiger partial charge in [0.05, 0.1) is 17.7 Å². The summed E-state index contributed by atoms with van der Waals surface area (Å²) in [5.74, 6) is -0.410. The maximum atomic E-state index is 13.8. The van der Waals surface area contributed by atoms with Crippen LogP contribution in [0.4, 0.5) is 14.6 Å². The summed E-state index contributed by atoms with van der Waals surface area (Å²) in [5, 5.41) is 12.1. The molecule has 8 heteroatoms. The van der Waals surface area contributed by atoms with Crippen molar-refractivity contribution in [3.8, 4) is 6.07 Å². The van der Waals surface area contributed by atoms with Crippen LogP contribution in [0.1, 0.15) is 66.0 Å². The molecule has 1 aromatic carbocycles. The minimum Gasteiger partial charge on any atom is -0.332 e. The molecule has 1 N–H and O–H groups in total. The number of hydrogen-bond acceptors (Lipinski definition) is 4. The number of pyridine rings is 1. The van der Waals surface area contributed by atoms with Crippen LogP contribution in [0.5, 0.6) is 0 Å². The van der Waals surface area contributed by atoms with Crippen LogP contribution in [-0.2, 0) is 9.59 Å². The number of nitrogens with one attached hydrogen (secondary N) is 1. The highest BCUT2D eigenvalue weighted by Crippen LogP contribution is 2.28. The number of carbonyl (C=O) groups excluding carboxylic acids is 2. The molecule has 0 saturated heterocycles. The first-order chi connectivity index (χ1) is 19.8. The van der Waals surface area contributed by atoms with Crippen molar-refractivity contribution in [1.29, 1.82) is 5.26 Å². The molecular weight excluding hydrogens is 534 g/mol. The number of nitriles is 1. The van der Waals surface area contributed by atoms with Crippen LogP contribution < -0.4 is 5.32 Å². The quantitative estimate of drug-likeness (QED) is 0.341. The standard InChI is InChI=1S/C28H34F2N2O.C6H6N2O/c1-19-9-7-10-22(24(18-31)14-20(2)13-19)11-8-12-32(27(33)28(4,5)6)21(3)23-15-25(29)17-26(30)16-23;9-5-8-6-3-1-2-4-7-6/h7-8,10-11,14-17,19,21H,9,12-13H2,1-6H3;1-5H,(H,7,8,9)/b10-7+,11-8+,20-14+,24-22-;/t19?,21-;/m1./s1. The van der Waals surface area contributed by atoms with Crippen molar-refractivity contribution in [2.24, 2.45) is 11.3 Å². The molecule has 0 saturated carbocycles. The van der Waals surface area contributed by atoms with Crippen LogP contribution >= 0.6 is 0 Å². The Kier molecular flexibility index (Phi) is 13.0. The monoisotopic (exact) mass is 574 g/mol. The summed E-state index contributed by atoms with van der Waals surface area (Å²) < 4.78 is 27.6. The molecule has 0 aliphatic heterocycles. The Bertz CT molecular complexity index is 1360. The number of anilines is 1. The number of halogens is 2. The SMILES string of the molecule is C\C1=C/C(C#N)=C(/C=C/CN(C(=O)C(C)(C)C)[C@H](C)c2cc(F)cc(F)c2)\C=C\CC(C)C1.O=CNc1ccccn1. The van der Waals surface area contributed by atoms with Crippen molar-refractivity contribution >= 4 is 18.1 Å². The van der Waals surface area contributed by atoms with Crippen LogP contribution in [0.2, 0.25) is 0 Å². The van der Waals surface area contributed by atoms with Gasteiger partial charge in [0, 0.05) is 24.2 Å². The Morgan fingerprint density at radius 2 is 1.93 bits per heavy atom. The minimum atomic E-state index is -0.675. The van der Waals surface area contributed by atoms with Gasteiger partial charge >= 0.3 is 0 Å². The van der Waals surface area contributed by atoms with Gasteiger partial charge in [-0.3, -0.25) is 9.59 Å². The van der Waals surface area contributed by atoms with Gasteiger partial charge in [0.25, 0.3) is 0 Å². The molecule has 1 aliphatic carbocycles.